The van der Waals surface area contributed by atoms with Crippen LogP contribution in [-0.4, -0.2) is 50.5 Å². The molecule has 2 atom stereocenters. The van der Waals surface area contributed by atoms with Crippen molar-refractivity contribution in [2.45, 2.75) is 75.0 Å². The molecule has 0 spiro atoms. The van der Waals surface area contributed by atoms with Crippen LogP contribution in [0.2, 0.25) is 0 Å². The van der Waals surface area contributed by atoms with Gasteiger partial charge in [0.15, 0.2) is 0 Å². The molecule has 150 valence electrons. The van der Waals surface area contributed by atoms with Crippen molar-refractivity contribution < 1.29 is 17.9 Å². The Balaban J connectivity index is 1.65. The van der Waals surface area contributed by atoms with Crippen LogP contribution in [-0.2, 0) is 14.8 Å². The van der Waals surface area contributed by atoms with Crippen molar-refractivity contribution in [3.8, 4) is 0 Å². The second-order valence-corrected chi connectivity index (χ2v) is 9.65. The third kappa shape index (κ3) is 4.70. The zero-order chi connectivity index (χ0) is 19.4. The summed E-state index contributed by atoms with van der Waals surface area (Å²) in [6, 6.07) is 6.22. The maximum Gasteiger partial charge on any atom is 0.251 e. The maximum absolute atomic E-state index is 12.9. The number of ether oxygens (including phenoxy) is 1. The van der Waals surface area contributed by atoms with E-state index in [2.05, 4.69) is 5.32 Å². The molecule has 0 unspecified atom stereocenters. The summed E-state index contributed by atoms with van der Waals surface area (Å²) in [5, 5.41) is 2.95. The summed E-state index contributed by atoms with van der Waals surface area (Å²) >= 11 is 0. The number of sulfonamides is 1. The standard InChI is InChI=1S/C20H30N2O4S/c1-15(19-9-6-14-26-19)21-20(23)16-10-12-18(13-11-16)27(24,25)22(2)17-7-4-3-5-8-17/h10-13,15,17,19H,3-9,14H2,1-2H3,(H,21,23)/t15-,19+/m0/s1. The van der Waals surface area contributed by atoms with Gasteiger partial charge < -0.3 is 10.1 Å². The molecule has 1 saturated heterocycles. The first-order chi connectivity index (χ1) is 12.9. The van der Waals surface area contributed by atoms with E-state index >= 15 is 0 Å². The molecule has 3 rings (SSSR count). The Morgan fingerprint density at radius 1 is 1.11 bits per heavy atom. The van der Waals surface area contributed by atoms with Gasteiger partial charge in [0, 0.05) is 25.3 Å². The molecule has 1 aliphatic heterocycles. The molecule has 0 aromatic heterocycles. The third-order valence-corrected chi connectivity index (χ3v) is 7.69. The molecule has 0 bridgehead atoms. The van der Waals surface area contributed by atoms with Crippen molar-refractivity contribution >= 4 is 15.9 Å². The van der Waals surface area contributed by atoms with Crippen molar-refractivity contribution in [2.75, 3.05) is 13.7 Å². The van der Waals surface area contributed by atoms with E-state index in [0.717, 1.165) is 45.1 Å². The van der Waals surface area contributed by atoms with Crippen molar-refractivity contribution in [3.63, 3.8) is 0 Å². The highest BCUT2D eigenvalue weighted by atomic mass is 32.2. The first-order valence-electron chi connectivity index (χ1n) is 9.90. The summed E-state index contributed by atoms with van der Waals surface area (Å²) in [7, 11) is -1.87. The van der Waals surface area contributed by atoms with Crippen molar-refractivity contribution in [2.24, 2.45) is 0 Å². The molecule has 1 heterocycles. The molecule has 2 aliphatic rings. The lowest BCUT2D eigenvalue weighted by Crippen LogP contribution is -2.40. The van der Waals surface area contributed by atoms with E-state index in [9.17, 15) is 13.2 Å². The summed E-state index contributed by atoms with van der Waals surface area (Å²) in [6.07, 6.45) is 7.18. The van der Waals surface area contributed by atoms with Crippen LogP contribution in [0.25, 0.3) is 0 Å². The van der Waals surface area contributed by atoms with Gasteiger partial charge in [-0.2, -0.15) is 4.31 Å². The molecule has 1 aliphatic carbocycles. The molecule has 7 heteroatoms. The minimum absolute atomic E-state index is 0.0535. The predicted octanol–water partition coefficient (Wildman–Crippen LogP) is 2.94. The van der Waals surface area contributed by atoms with Crippen molar-refractivity contribution in [1.29, 1.82) is 0 Å². The Bertz CT molecular complexity index is 736. The number of benzene rings is 1. The van der Waals surface area contributed by atoms with Crippen LogP contribution in [0.1, 0.15) is 62.2 Å². The van der Waals surface area contributed by atoms with Crippen LogP contribution < -0.4 is 5.32 Å². The highest BCUT2D eigenvalue weighted by molar-refractivity contribution is 7.89. The van der Waals surface area contributed by atoms with E-state index in [1.807, 2.05) is 6.92 Å². The van der Waals surface area contributed by atoms with Gasteiger partial charge in [0.1, 0.15) is 0 Å². The van der Waals surface area contributed by atoms with Crippen molar-refractivity contribution in [1.82, 2.24) is 9.62 Å². The Morgan fingerprint density at radius 2 is 1.78 bits per heavy atom. The normalized spacial score (nSPS) is 22.7. The summed E-state index contributed by atoms with van der Waals surface area (Å²) < 4.78 is 32.8. The molecular weight excluding hydrogens is 364 g/mol. The Morgan fingerprint density at radius 3 is 2.37 bits per heavy atom. The van der Waals surface area contributed by atoms with E-state index in [-0.39, 0.29) is 29.0 Å². The van der Waals surface area contributed by atoms with Gasteiger partial charge in [-0.1, -0.05) is 19.3 Å². The van der Waals surface area contributed by atoms with Gasteiger partial charge in [0.25, 0.3) is 5.91 Å². The van der Waals surface area contributed by atoms with Gasteiger partial charge in [-0.3, -0.25) is 4.79 Å². The quantitative estimate of drug-likeness (QED) is 0.805. The topological polar surface area (TPSA) is 75.7 Å². The van der Waals surface area contributed by atoms with E-state index in [0.29, 0.717) is 5.56 Å². The van der Waals surface area contributed by atoms with Gasteiger partial charge in [-0.25, -0.2) is 8.42 Å². The van der Waals surface area contributed by atoms with Crippen LogP contribution in [0.15, 0.2) is 29.2 Å². The molecule has 6 nitrogen and oxygen atoms in total. The molecule has 1 N–H and O–H groups in total. The first-order valence-corrected chi connectivity index (χ1v) is 11.3. The Hall–Kier alpha value is -1.44. The fourth-order valence-electron chi connectivity index (χ4n) is 3.97. The zero-order valence-electron chi connectivity index (χ0n) is 16.2. The number of nitrogens with one attached hydrogen (secondary N) is 1. The summed E-state index contributed by atoms with van der Waals surface area (Å²) in [5.41, 5.74) is 0.458. The number of carbonyl (C=O) groups excluding carboxylic acids is 1. The third-order valence-electron chi connectivity index (χ3n) is 5.76. The second-order valence-electron chi connectivity index (χ2n) is 7.65. The smallest absolute Gasteiger partial charge is 0.251 e. The van der Waals surface area contributed by atoms with Gasteiger partial charge >= 0.3 is 0 Å². The maximum atomic E-state index is 12.9. The number of hydrogen-bond donors (Lipinski definition) is 1. The average Bonchev–Trinajstić information content (AvgIpc) is 3.23. The molecule has 1 saturated carbocycles. The van der Waals surface area contributed by atoms with Crippen molar-refractivity contribution in [3.05, 3.63) is 29.8 Å². The van der Waals surface area contributed by atoms with Crippen LogP contribution in [0.3, 0.4) is 0 Å². The van der Waals surface area contributed by atoms with Crippen LogP contribution >= 0.6 is 0 Å². The van der Waals surface area contributed by atoms with Crippen LogP contribution in [0.4, 0.5) is 0 Å². The Kier molecular flexibility index (Phi) is 6.55. The van der Waals surface area contributed by atoms with Crippen LogP contribution in [0, 0.1) is 0 Å². The molecule has 1 aromatic rings. The Labute approximate surface area is 162 Å². The fraction of sp³-hybridized carbons (Fsp3) is 0.650. The SMILES string of the molecule is C[C@H](NC(=O)c1ccc(S(=O)(=O)N(C)C2CCCCC2)cc1)[C@H]1CCCO1. The predicted molar refractivity (Wildman–Crippen MR) is 104 cm³/mol. The number of rotatable bonds is 6. The number of carbonyl (C=O) groups is 1. The highest BCUT2D eigenvalue weighted by Crippen LogP contribution is 2.26. The van der Waals surface area contributed by atoms with Gasteiger partial charge in [-0.05, 0) is 56.9 Å². The van der Waals surface area contributed by atoms with E-state index < -0.39 is 10.0 Å². The van der Waals surface area contributed by atoms with E-state index in [1.165, 1.54) is 22.9 Å². The average molecular weight is 395 g/mol. The lowest BCUT2D eigenvalue weighted by molar-refractivity contribution is 0.0712. The van der Waals surface area contributed by atoms with Gasteiger partial charge in [0.05, 0.1) is 17.0 Å². The summed E-state index contributed by atoms with van der Waals surface area (Å²) in [4.78, 5) is 12.7. The number of nitrogens with zero attached hydrogens (tertiary/aromatic N) is 1. The fourth-order valence-corrected chi connectivity index (χ4v) is 5.38. The minimum Gasteiger partial charge on any atom is -0.376 e. The number of hydrogen-bond acceptors (Lipinski definition) is 4. The summed E-state index contributed by atoms with van der Waals surface area (Å²) in [5.74, 6) is -0.206. The molecule has 27 heavy (non-hydrogen) atoms. The summed E-state index contributed by atoms with van der Waals surface area (Å²) in [6.45, 7) is 2.68. The lowest BCUT2D eigenvalue weighted by Gasteiger charge is -2.30. The first kappa shape index (κ1) is 20.3. The monoisotopic (exact) mass is 394 g/mol. The molecular formula is C20H30N2O4S. The molecule has 0 radical (unpaired) electrons. The lowest BCUT2D eigenvalue weighted by atomic mass is 9.96. The van der Waals surface area contributed by atoms with E-state index in [4.69, 9.17) is 4.74 Å². The second kappa shape index (κ2) is 8.71. The van der Waals surface area contributed by atoms with E-state index in [1.54, 1.807) is 19.2 Å². The highest BCUT2D eigenvalue weighted by Gasteiger charge is 2.29. The molecule has 1 amide bonds. The van der Waals surface area contributed by atoms with Gasteiger partial charge in [-0.15, -0.1) is 0 Å². The molecule has 2 fully saturated rings. The minimum atomic E-state index is -3.54. The largest absolute Gasteiger partial charge is 0.376 e. The molecule has 1 aromatic carbocycles. The number of amides is 1. The van der Waals surface area contributed by atoms with Gasteiger partial charge in [0.2, 0.25) is 10.0 Å². The van der Waals surface area contributed by atoms with Crippen LogP contribution in [0.5, 0.6) is 0 Å². The zero-order valence-corrected chi connectivity index (χ0v) is 17.0.